The smallest absolute Gasteiger partial charge is 0.246 e. The van der Waals surface area contributed by atoms with E-state index >= 15 is 0 Å². The highest BCUT2D eigenvalue weighted by Crippen LogP contribution is 2.58. The molecule has 2 atom stereocenters. The maximum Gasteiger partial charge on any atom is 0.246 e. The van der Waals surface area contributed by atoms with Crippen LogP contribution in [0.25, 0.3) is 0 Å². The second-order valence-electron chi connectivity index (χ2n) is 3.10. The summed E-state index contributed by atoms with van der Waals surface area (Å²) in [6.45, 7) is 1.14. The zero-order valence-corrected chi connectivity index (χ0v) is 10.7. The van der Waals surface area contributed by atoms with E-state index in [1.807, 2.05) is 0 Å². The monoisotopic (exact) mass is 277 g/mol. The van der Waals surface area contributed by atoms with Gasteiger partial charge in [-0.3, -0.25) is 0 Å². The van der Waals surface area contributed by atoms with Crippen molar-refractivity contribution in [3.05, 3.63) is 0 Å². The first-order chi connectivity index (χ1) is 7.14. The highest BCUT2D eigenvalue weighted by molar-refractivity contribution is 7.61. The second-order valence-corrected chi connectivity index (χ2v) is 6.03. The average Bonchev–Trinajstić information content (AvgIpc) is 2.21. The van der Waals surface area contributed by atoms with Crippen molar-refractivity contribution in [2.45, 2.75) is 12.6 Å². The van der Waals surface area contributed by atoms with Gasteiger partial charge in [0.2, 0.25) is 8.02 Å². The van der Waals surface area contributed by atoms with E-state index in [1.54, 1.807) is 0 Å². The Bertz CT molecular complexity index is 203. The Morgan fingerprint density at radius 1 is 1.47 bits per heavy atom. The Labute approximate surface area is 99.9 Å². The standard InChI is InChI=1S/C7H16Cl2N2O3P/c8-2-4-10-15(13)11(5-3-9)7(12)1-6-14-15/h7,10,12-13H,1-6H2. The summed E-state index contributed by atoms with van der Waals surface area (Å²) >= 11 is 11.1. The molecule has 1 aliphatic heterocycles. The van der Waals surface area contributed by atoms with E-state index in [0.717, 1.165) is 0 Å². The largest absolute Gasteiger partial charge is 0.378 e. The lowest BCUT2D eigenvalue weighted by Crippen LogP contribution is -2.46. The molecule has 0 saturated carbocycles. The molecular weight excluding hydrogens is 262 g/mol. The molecule has 8 heteroatoms. The molecule has 91 valence electrons. The minimum atomic E-state index is -2.90. The summed E-state index contributed by atoms with van der Waals surface area (Å²) in [7, 11) is -2.90. The highest BCUT2D eigenvalue weighted by Gasteiger charge is 2.41. The highest BCUT2D eigenvalue weighted by atomic mass is 35.5. The second kappa shape index (κ2) is 6.52. The van der Waals surface area contributed by atoms with E-state index in [9.17, 15) is 10.00 Å². The number of halogens is 2. The molecule has 0 aromatic heterocycles. The lowest BCUT2D eigenvalue weighted by molar-refractivity contribution is -0.00209. The first-order valence-corrected chi connectivity index (χ1v) is 7.41. The third kappa shape index (κ3) is 3.65. The molecule has 0 aliphatic carbocycles. The van der Waals surface area contributed by atoms with Crippen LogP contribution in [0.3, 0.4) is 0 Å². The summed E-state index contributed by atoms with van der Waals surface area (Å²) in [5.74, 6) is 0.696. The molecule has 0 aromatic rings. The van der Waals surface area contributed by atoms with E-state index in [0.29, 0.717) is 37.9 Å². The maximum absolute atomic E-state index is 10.2. The van der Waals surface area contributed by atoms with E-state index < -0.39 is 14.2 Å². The first kappa shape index (κ1) is 13.9. The van der Waals surface area contributed by atoms with Crippen LogP contribution >= 0.6 is 31.2 Å². The van der Waals surface area contributed by atoms with E-state index in [2.05, 4.69) is 5.09 Å². The number of nitrogens with one attached hydrogen (secondary N) is 1. The molecule has 1 aliphatic rings. The minimum absolute atomic E-state index is 0.325. The predicted octanol–water partition coefficient (Wildman–Crippen LogP) is 0.764. The van der Waals surface area contributed by atoms with Crippen molar-refractivity contribution in [3.63, 3.8) is 0 Å². The van der Waals surface area contributed by atoms with Gasteiger partial charge in [0, 0.05) is 31.3 Å². The number of hydrogen-bond donors (Lipinski definition) is 3. The van der Waals surface area contributed by atoms with Crippen LogP contribution < -0.4 is 5.09 Å². The SMILES string of the molecule is OC1CCO[P](O)(NCCCl)N1CCCl. The summed E-state index contributed by atoms with van der Waals surface area (Å²) < 4.78 is 6.79. The van der Waals surface area contributed by atoms with Gasteiger partial charge in [-0.25, -0.2) is 9.76 Å². The Morgan fingerprint density at radius 3 is 2.80 bits per heavy atom. The fraction of sp³-hybridized carbons (Fsp3) is 1.00. The lowest BCUT2D eigenvalue weighted by Gasteiger charge is -2.45. The number of hydrogen-bond acceptors (Lipinski definition) is 5. The third-order valence-electron chi connectivity index (χ3n) is 2.07. The summed E-state index contributed by atoms with van der Waals surface area (Å²) in [6, 6.07) is 0. The van der Waals surface area contributed by atoms with Crippen LogP contribution in [0, 0.1) is 0 Å². The molecule has 2 unspecified atom stereocenters. The van der Waals surface area contributed by atoms with Crippen LogP contribution in [0.5, 0.6) is 0 Å². The van der Waals surface area contributed by atoms with Crippen LogP contribution in [0.1, 0.15) is 6.42 Å². The van der Waals surface area contributed by atoms with Gasteiger partial charge >= 0.3 is 0 Å². The third-order valence-corrected chi connectivity index (χ3v) is 4.76. The average molecular weight is 278 g/mol. The van der Waals surface area contributed by atoms with Gasteiger partial charge in [-0.15, -0.1) is 23.2 Å². The van der Waals surface area contributed by atoms with E-state index in [4.69, 9.17) is 27.7 Å². The lowest BCUT2D eigenvalue weighted by atomic mass is 10.4. The molecule has 5 nitrogen and oxygen atoms in total. The molecule has 1 heterocycles. The van der Waals surface area contributed by atoms with Gasteiger partial charge in [0.05, 0.1) is 6.61 Å². The van der Waals surface area contributed by atoms with Crippen LogP contribution in [0.2, 0.25) is 0 Å². The molecular formula is C7H16Cl2N2O3P. The number of alkyl halides is 2. The molecule has 0 amide bonds. The topological polar surface area (TPSA) is 65.0 Å². The van der Waals surface area contributed by atoms with Gasteiger partial charge in [-0.2, -0.15) is 0 Å². The number of nitrogens with zero attached hydrogens (tertiary/aromatic N) is 1. The van der Waals surface area contributed by atoms with Crippen LogP contribution in [0.15, 0.2) is 0 Å². The van der Waals surface area contributed by atoms with Crippen LogP contribution in [-0.2, 0) is 4.52 Å². The van der Waals surface area contributed by atoms with E-state index in [-0.39, 0.29) is 0 Å². The Hall–Kier alpha value is 0.810. The number of rotatable bonds is 5. The summed E-state index contributed by atoms with van der Waals surface area (Å²) in [5, 5.41) is 12.5. The van der Waals surface area contributed by atoms with Gasteiger partial charge in [0.15, 0.2) is 0 Å². The van der Waals surface area contributed by atoms with Crippen molar-refractivity contribution >= 4 is 31.2 Å². The van der Waals surface area contributed by atoms with Crippen molar-refractivity contribution in [2.75, 3.05) is 31.5 Å². The van der Waals surface area contributed by atoms with Gasteiger partial charge in [0.1, 0.15) is 6.23 Å². The van der Waals surface area contributed by atoms with Crippen LogP contribution in [0.4, 0.5) is 0 Å². The van der Waals surface area contributed by atoms with Crippen molar-refractivity contribution in [3.8, 4) is 0 Å². The fourth-order valence-electron chi connectivity index (χ4n) is 1.38. The molecule has 0 spiro atoms. The van der Waals surface area contributed by atoms with Crippen molar-refractivity contribution < 1.29 is 14.5 Å². The maximum atomic E-state index is 10.2. The zero-order valence-electron chi connectivity index (χ0n) is 8.27. The molecule has 1 fully saturated rings. The van der Waals surface area contributed by atoms with Gasteiger partial charge in [-0.1, -0.05) is 0 Å². The molecule has 1 radical (unpaired) electrons. The number of aliphatic hydroxyl groups is 1. The number of aliphatic hydroxyl groups excluding tert-OH is 1. The van der Waals surface area contributed by atoms with Crippen LogP contribution in [-0.4, -0.2) is 52.4 Å². The molecule has 15 heavy (non-hydrogen) atoms. The summed E-state index contributed by atoms with van der Waals surface area (Å²) in [4.78, 5) is 10.2. The fourth-order valence-corrected chi connectivity index (χ4v) is 3.94. The molecule has 1 rings (SSSR count). The minimum Gasteiger partial charge on any atom is -0.378 e. The quantitative estimate of drug-likeness (QED) is 0.512. The van der Waals surface area contributed by atoms with Crippen molar-refractivity contribution in [1.29, 1.82) is 0 Å². The predicted molar refractivity (Wildman–Crippen MR) is 61.9 cm³/mol. The molecule has 0 bridgehead atoms. The zero-order chi connectivity index (χ0) is 11.3. The van der Waals surface area contributed by atoms with Crippen molar-refractivity contribution in [2.24, 2.45) is 0 Å². The Kier molecular flexibility index (Phi) is 6.03. The van der Waals surface area contributed by atoms with E-state index in [1.165, 1.54) is 4.67 Å². The summed E-state index contributed by atoms with van der Waals surface area (Å²) in [5.41, 5.74) is 0. The Morgan fingerprint density at radius 2 is 2.20 bits per heavy atom. The van der Waals surface area contributed by atoms with Gasteiger partial charge < -0.3 is 14.5 Å². The molecule has 1 saturated heterocycles. The van der Waals surface area contributed by atoms with Gasteiger partial charge in [-0.05, 0) is 0 Å². The van der Waals surface area contributed by atoms with Crippen molar-refractivity contribution in [1.82, 2.24) is 9.76 Å². The first-order valence-electron chi connectivity index (χ1n) is 4.72. The molecule has 3 N–H and O–H groups in total. The normalized spacial score (nSPS) is 33.2. The molecule has 0 aromatic carbocycles. The Balaban J connectivity index is 2.63. The summed E-state index contributed by atoms with van der Waals surface area (Å²) in [6.07, 6.45) is -0.236. The van der Waals surface area contributed by atoms with Gasteiger partial charge in [0.25, 0.3) is 0 Å².